The van der Waals surface area contributed by atoms with Crippen LogP contribution >= 0.6 is 0 Å². The van der Waals surface area contributed by atoms with Crippen LogP contribution in [-0.2, 0) is 77.8 Å². The maximum Gasteiger partial charge on any atom is 0.220 e. The number of ether oxygens (including phenoxy) is 12. The van der Waals surface area contributed by atoms with E-state index in [0.29, 0.717) is 11.4 Å². The molecule has 3 amide bonds. The van der Waals surface area contributed by atoms with Gasteiger partial charge in [0.2, 0.25) is 17.7 Å². The van der Waals surface area contributed by atoms with Crippen LogP contribution in [0.15, 0.2) is 35.1 Å². The van der Waals surface area contributed by atoms with Gasteiger partial charge in [-0.25, -0.2) is 10.2 Å². The van der Waals surface area contributed by atoms with E-state index >= 15 is 0 Å². The molecule has 3 aliphatic heterocycles. The highest BCUT2D eigenvalue weighted by molar-refractivity contribution is 5.77. The van der Waals surface area contributed by atoms with Crippen molar-refractivity contribution in [3.05, 3.63) is 35.7 Å². The Morgan fingerprint density at radius 3 is 1.39 bits per heavy atom. The van der Waals surface area contributed by atoms with E-state index in [9.17, 15) is 60.3 Å². The molecule has 3 aliphatic rings. The molecular formula is C55H101N13O24. The van der Waals surface area contributed by atoms with Crippen LogP contribution in [0.3, 0.4) is 0 Å². The van der Waals surface area contributed by atoms with Crippen LogP contribution < -0.4 is 43.6 Å². The van der Waals surface area contributed by atoms with Gasteiger partial charge in [0.1, 0.15) is 72.4 Å². The number of carbonyl (C=O) groups is 3. The molecule has 20 N–H and O–H groups in total. The van der Waals surface area contributed by atoms with Crippen LogP contribution in [0.1, 0.15) is 50.3 Å². The van der Waals surface area contributed by atoms with Crippen LogP contribution in [0.25, 0.3) is 0 Å². The maximum atomic E-state index is 12.9. The molecule has 3 saturated heterocycles. The lowest BCUT2D eigenvalue weighted by Gasteiger charge is -2.37. The number of nitrogens with zero attached hydrogens (tertiary/aromatic N) is 4. The molecule has 0 bridgehead atoms. The van der Waals surface area contributed by atoms with Crippen LogP contribution in [0.4, 0.5) is 0 Å². The summed E-state index contributed by atoms with van der Waals surface area (Å²) in [4.78, 5) is 38.8. The van der Waals surface area contributed by atoms with E-state index in [1.54, 1.807) is 6.20 Å². The summed E-state index contributed by atoms with van der Waals surface area (Å²) >= 11 is 0. The number of nitrogens with two attached hydrogens (primary N) is 2. The SMILES string of the molecule is N=N/C(=C\N[C@H]1CO[C@H](CO)[C@H](O)[C@@H]1O)COCCOCCOCCNC(=O)CCC(N)(CCC(=O)NCCOCCOCCOC/C(=C/N[C@H]1CO[C@H](CO)[C@H](O)[C@@H]1O)NN)CCC(=O)NCCOCCOCCOCc1cn([C@H]2CO[C@H](CO)[C@H](O)[C@@H]2O)nn1. The van der Waals surface area contributed by atoms with E-state index in [0.717, 1.165) is 0 Å². The van der Waals surface area contributed by atoms with Crippen LogP contribution in [0, 0.1) is 5.53 Å². The Morgan fingerprint density at radius 1 is 0.565 bits per heavy atom. The van der Waals surface area contributed by atoms with E-state index in [-0.39, 0.29) is 220 Å². The molecule has 0 aromatic carbocycles. The van der Waals surface area contributed by atoms with E-state index in [1.165, 1.54) is 17.1 Å². The topological polar surface area (TPSA) is 535 Å². The first-order valence-corrected chi connectivity index (χ1v) is 30.8. The Labute approximate surface area is 533 Å². The van der Waals surface area contributed by atoms with Crippen molar-refractivity contribution in [2.75, 3.05) is 172 Å². The maximum absolute atomic E-state index is 12.9. The third-order valence-electron chi connectivity index (χ3n) is 14.8. The number of amides is 3. The molecular weight excluding hydrogens is 1230 g/mol. The highest BCUT2D eigenvalue weighted by Gasteiger charge is 2.41. The summed E-state index contributed by atoms with van der Waals surface area (Å²) in [7, 11) is 0. The monoisotopic (exact) mass is 1330 g/mol. The molecule has 92 heavy (non-hydrogen) atoms. The first kappa shape index (κ1) is 79.5. The van der Waals surface area contributed by atoms with Gasteiger partial charge < -0.3 is 141 Å². The predicted molar refractivity (Wildman–Crippen MR) is 318 cm³/mol. The smallest absolute Gasteiger partial charge is 0.220 e. The second kappa shape index (κ2) is 47.1. The van der Waals surface area contributed by atoms with Gasteiger partial charge in [0.05, 0.1) is 183 Å². The van der Waals surface area contributed by atoms with Crippen molar-refractivity contribution in [3.8, 4) is 0 Å². The van der Waals surface area contributed by atoms with E-state index in [1.807, 2.05) is 0 Å². The molecule has 13 atom stereocenters. The zero-order valence-electron chi connectivity index (χ0n) is 52.1. The number of nitrogens with one attached hydrogen (secondary N) is 7. The van der Waals surface area contributed by atoms with Crippen molar-refractivity contribution in [1.29, 1.82) is 5.53 Å². The van der Waals surface area contributed by atoms with E-state index < -0.39 is 98.4 Å². The molecule has 3 fully saturated rings. The average molecular weight is 1330 g/mol. The minimum atomic E-state index is -1.28. The van der Waals surface area contributed by atoms with Gasteiger partial charge in [-0.1, -0.05) is 5.21 Å². The Balaban J connectivity index is 1.07. The fourth-order valence-electron chi connectivity index (χ4n) is 9.19. The summed E-state index contributed by atoms with van der Waals surface area (Å²) in [5.41, 5.74) is 16.8. The molecule has 37 nitrogen and oxygen atoms in total. The Hall–Kier alpha value is -4.89. The molecule has 1 unspecified atom stereocenters. The average Bonchev–Trinajstić information content (AvgIpc) is 2.07. The molecule has 0 spiro atoms. The quantitative estimate of drug-likeness (QED) is 0.0125. The second-order valence-corrected chi connectivity index (χ2v) is 21.7. The van der Waals surface area contributed by atoms with Gasteiger partial charge in [-0.05, 0) is 19.3 Å². The summed E-state index contributed by atoms with van der Waals surface area (Å²) in [5, 5.41) is 115. The summed E-state index contributed by atoms with van der Waals surface area (Å²) in [5.74, 6) is 4.70. The van der Waals surface area contributed by atoms with Gasteiger partial charge in [0, 0.05) is 56.8 Å². The fraction of sp³-hybridized carbons (Fsp3) is 0.836. The summed E-state index contributed by atoms with van der Waals surface area (Å²) < 4.78 is 67.5. The molecule has 1 aromatic heterocycles. The highest BCUT2D eigenvalue weighted by atomic mass is 16.6. The van der Waals surface area contributed by atoms with Gasteiger partial charge >= 0.3 is 0 Å². The van der Waals surface area contributed by atoms with Gasteiger partial charge in [0.15, 0.2) is 0 Å². The van der Waals surface area contributed by atoms with Crippen molar-refractivity contribution < 1.29 is 117 Å². The van der Waals surface area contributed by atoms with Crippen molar-refractivity contribution >= 4 is 17.7 Å². The van der Waals surface area contributed by atoms with Gasteiger partial charge in [-0.2, -0.15) is 5.11 Å². The number of aliphatic hydroxyl groups is 9. The molecule has 4 rings (SSSR count). The third kappa shape index (κ3) is 31.1. The lowest BCUT2D eigenvalue weighted by molar-refractivity contribution is -0.171. The lowest BCUT2D eigenvalue weighted by Crippen LogP contribution is -2.58. The van der Waals surface area contributed by atoms with Gasteiger partial charge in [0.25, 0.3) is 0 Å². The number of carbonyl (C=O) groups excluding carboxylic acids is 3. The minimum absolute atomic E-state index is 0.0204. The zero-order chi connectivity index (χ0) is 66.8. The normalized spacial score (nSPS) is 25.2. The first-order chi connectivity index (χ1) is 44.6. The van der Waals surface area contributed by atoms with Crippen molar-refractivity contribution in [3.63, 3.8) is 0 Å². The number of hydrogen-bond donors (Lipinski definition) is 18. The first-order valence-electron chi connectivity index (χ1n) is 30.8. The molecule has 0 aliphatic carbocycles. The second-order valence-electron chi connectivity index (χ2n) is 21.7. The predicted octanol–water partition coefficient (Wildman–Crippen LogP) is -7.71. The number of aromatic nitrogens is 3. The number of hydrazine groups is 1. The van der Waals surface area contributed by atoms with Gasteiger partial charge in [-0.15, -0.1) is 5.10 Å². The molecule has 1 aromatic rings. The van der Waals surface area contributed by atoms with E-state index in [4.69, 9.17) is 73.9 Å². The summed E-state index contributed by atoms with van der Waals surface area (Å²) in [6, 6.07) is -1.99. The molecule has 0 radical (unpaired) electrons. The highest BCUT2D eigenvalue weighted by Crippen LogP contribution is 2.25. The minimum Gasteiger partial charge on any atom is -0.394 e. The van der Waals surface area contributed by atoms with Gasteiger partial charge in [-0.3, -0.25) is 20.2 Å². The third-order valence-corrected chi connectivity index (χ3v) is 14.8. The van der Waals surface area contributed by atoms with Crippen LogP contribution in [0.2, 0.25) is 0 Å². The van der Waals surface area contributed by atoms with Crippen LogP contribution in [-0.4, -0.2) is 323 Å². The van der Waals surface area contributed by atoms with E-state index in [2.05, 4.69) is 47.4 Å². The summed E-state index contributed by atoms with van der Waals surface area (Å²) in [6.07, 6.45) is -4.95. The van der Waals surface area contributed by atoms with Crippen molar-refractivity contribution in [2.45, 2.75) is 124 Å². The number of aliphatic hydroxyl groups excluding tert-OH is 9. The molecule has 37 heteroatoms. The van der Waals surface area contributed by atoms with Crippen molar-refractivity contribution in [1.82, 2.24) is 47.0 Å². The summed E-state index contributed by atoms with van der Waals surface area (Å²) in [6.45, 7) is 3.20. The molecule has 0 saturated carbocycles. The largest absolute Gasteiger partial charge is 0.394 e. The Morgan fingerprint density at radius 2 is 0.957 bits per heavy atom. The Kier molecular flexibility index (Phi) is 40.7. The fourth-order valence-corrected chi connectivity index (χ4v) is 9.19. The molecule has 530 valence electrons. The van der Waals surface area contributed by atoms with Crippen molar-refractivity contribution in [2.24, 2.45) is 16.7 Å². The van der Waals surface area contributed by atoms with Crippen LogP contribution in [0.5, 0.6) is 0 Å². The lowest BCUT2D eigenvalue weighted by atomic mass is 9.84. The number of hydrogen-bond acceptors (Lipinski definition) is 33. The Bertz CT molecular complexity index is 2240. The molecule has 4 heterocycles. The standard InChI is InChI=1S/C55H101N13O24/c56-55(4-1-46(72)59-7-10-81-13-16-84-19-22-87-31-37(64-57)25-62-40-34-90-43(28-69)52(78)49(40)75,5-2-47(73)60-8-11-82-14-17-85-20-23-88-32-38(65-58)26-63-41-35-91-44(29-70)53(79)50(41)76)6-3-48(74)61-9-12-83-15-18-86-21-24-89-33-39-27-68(67-66-39)42-36-92-45(30-71)54(80)51(42)77/h25-27,40-45,49-54,57,62-63,65,69-71,75-80H,1-24,28-36,56,58H2,(H,59,72)(H,60,73)(H,61,74)/b37-25-,38-26-,64-57?/t40-,41-,42-,43+,44+,45+,49+,50+,51+,52-,53-,54-,55?/m0/s1. The zero-order valence-corrected chi connectivity index (χ0v) is 52.1. The number of rotatable bonds is 52.